The van der Waals surface area contributed by atoms with E-state index in [-0.39, 0.29) is 17.9 Å². The van der Waals surface area contributed by atoms with Crippen LogP contribution in [0.2, 0.25) is 0 Å². The molecule has 0 radical (unpaired) electrons. The van der Waals surface area contributed by atoms with Gasteiger partial charge in [0.25, 0.3) is 11.2 Å². The number of nitro benzene ring substituents is 1. The molecule has 29 heavy (non-hydrogen) atoms. The van der Waals surface area contributed by atoms with E-state index in [1.807, 2.05) is 0 Å². The molecule has 0 saturated heterocycles. The predicted octanol–water partition coefficient (Wildman–Crippen LogP) is 3.62. The van der Waals surface area contributed by atoms with E-state index in [1.54, 1.807) is 24.4 Å². The van der Waals surface area contributed by atoms with Crippen LogP contribution in [-0.4, -0.2) is 14.1 Å². The molecule has 9 heteroatoms. The van der Waals surface area contributed by atoms with Crippen LogP contribution in [0.3, 0.4) is 0 Å². The van der Waals surface area contributed by atoms with Crippen molar-refractivity contribution in [3.05, 3.63) is 102 Å². The summed E-state index contributed by atoms with van der Waals surface area (Å²) >= 11 is 1.18. The molecule has 2 aromatic carbocycles. The second kappa shape index (κ2) is 7.10. The van der Waals surface area contributed by atoms with Gasteiger partial charge in [-0.3, -0.25) is 19.5 Å². The van der Waals surface area contributed by atoms with Gasteiger partial charge in [-0.05, 0) is 41.6 Å². The van der Waals surface area contributed by atoms with Crippen molar-refractivity contribution < 1.29 is 9.31 Å². The van der Waals surface area contributed by atoms with Gasteiger partial charge in [-0.15, -0.1) is 11.3 Å². The molecule has 0 saturated carbocycles. The minimum absolute atomic E-state index is 0.0301. The normalized spacial score (nSPS) is 11.1. The van der Waals surface area contributed by atoms with E-state index < -0.39 is 22.0 Å². The molecular formula is C20H14FN3O4S. The molecule has 7 nitrogen and oxygen atoms in total. The smallest absolute Gasteiger partial charge is 0.288 e. The van der Waals surface area contributed by atoms with Gasteiger partial charge < -0.3 is 0 Å². The molecule has 2 aromatic heterocycles. The van der Waals surface area contributed by atoms with E-state index >= 15 is 0 Å². The standard InChI is InChI=1S/C20H14FN3O4S/c1-12-5-6-14(10-16(12)21)23-19(25)18-17(7-8-29-18)22(20(23)26)11-13-3-2-4-15(9-13)24(27)28/h2-10H,11H2,1H3. The molecule has 2 heterocycles. The van der Waals surface area contributed by atoms with Crippen molar-refractivity contribution in [2.24, 2.45) is 0 Å². The zero-order valence-electron chi connectivity index (χ0n) is 15.2. The average Bonchev–Trinajstić information content (AvgIpc) is 3.18. The van der Waals surface area contributed by atoms with Crippen LogP contribution in [0.25, 0.3) is 15.9 Å². The molecule has 0 aliphatic heterocycles. The lowest BCUT2D eigenvalue weighted by Gasteiger charge is -2.13. The summed E-state index contributed by atoms with van der Waals surface area (Å²) in [7, 11) is 0. The Morgan fingerprint density at radius 1 is 1.14 bits per heavy atom. The highest BCUT2D eigenvalue weighted by Gasteiger charge is 2.17. The monoisotopic (exact) mass is 411 g/mol. The maximum absolute atomic E-state index is 14.1. The Labute approximate surface area is 167 Å². The Morgan fingerprint density at radius 3 is 2.66 bits per heavy atom. The first-order valence-corrected chi connectivity index (χ1v) is 9.47. The summed E-state index contributed by atoms with van der Waals surface area (Å²) in [4.78, 5) is 36.6. The van der Waals surface area contributed by atoms with Crippen molar-refractivity contribution in [3.8, 4) is 5.69 Å². The minimum atomic E-state index is -0.643. The van der Waals surface area contributed by atoms with Gasteiger partial charge in [-0.1, -0.05) is 18.2 Å². The van der Waals surface area contributed by atoms with E-state index in [9.17, 15) is 24.1 Å². The molecule has 0 aliphatic rings. The van der Waals surface area contributed by atoms with Crippen molar-refractivity contribution in [1.29, 1.82) is 0 Å². The van der Waals surface area contributed by atoms with Crippen LogP contribution >= 0.6 is 11.3 Å². The number of fused-ring (bicyclic) bond motifs is 1. The number of aromatic nitrogens is 2. The van der Waals surface area contributed by atoms with Gasteiger partial charge in [0.1, 0.15) is 10.5 Å². The maximum Gasteiger partial charge on any atom is 0.336 e. The molecule has 146 valence electrons. The Balaban J connectivity index is 1.95. The fourth-order valence-corrected chi connectivity index (χ4v) is 3.96. The lowest BCUT2D eigenvalue weighted by Crippen LogP contribution is -2.38. The summed E-state index contributed by atoms with van der Waals surface area (Å²) in [6.45, 7) is 1.62. The molecule has 0 N–H and O–H groups in total. The molecule has 0 spiro atoms. The lowest BCUT2D eigenvalue weighted by molar-refractivity contribution is -0.384. The summed E-state index contributed by atoms with van der Waals surface area (Å²) < 4.78 is 16.7. The van der Waals surface area contributed by atoms with Crippen LogP contribution in [0, 0.1) is 22.9 Å². The third-order valence-corrected chi connectivity index (χ3v) is 5.52. The fraction of sp³-hybridized carbons (Fsp3) is 0.100. The third-order valence-electron chi connectivity index (χ3n) is 4.63. The number of nitro groups is 1. The van der Waals surface area contributed by atoms with Crippen molar-refractivity contribution in [2.45, 2.75) is 13.5 Å². The number of hydrogen-bond donors (Lipinski definition) is 0. The largest absolute Gasteiger partial charge is 0.336 e. The van der Waals surface area contributed by atoms with E-state index in [0.717, 1.165) is 10.6 Å². The molecule has 0 atom stereocenters. The number of benzene rings is 2. The van der Waals surface area contributed by atoms with Gasteiger partial charge in [-0.2, -0.15) is 0 Å². The first kappa shape index (κ1) is 18.8. The number of hydrogen-bond acceptors (Lipinski definition) is 5. The molecule has 0 unspecified atom stereocenters. The van der Waals surface area contributed by atoms with Crippen molar-refractivity contribution in [2.75, 3.05) is 0 Å². The Bertz CT molecular complexity index is 1390. The van der Waals surface area contributed by atoms with Gasteiger partial charge in [0.2, 0.25) is 0 Å². The zero-order valence-corrected chi connectivity index (χ0v) is 16.0. The van der Waals surface area contributed by atoms with Crippen LogP contribution in [0.5, 0.6) is 0 Å². The van der Waals surface area contributed by atoms with Crippen molar-refractivity contribution in [3.63, 3.8) is 0 Å². The van der Waals surface area contributed by atoms with Gasteiger partial charge in [-0.25, -0.2) is 13.8 Å². The highest BCUT2D eigenvalue weighted by molar-refractivity contribution is 7.17. The number of thiophene rings is 1. The van der Waals surface area contributed by atoms with E-state index in [2.05, 4.69) is 0 Å². The summed E-state index contributed by atoms with van der Waals surface area (Å²) in [5, 5.41) is 12.7. The number of aryl methyl sites for hydroxylation is 1. The predicted molar refractivity (Wildman–Crippen MR) is 109 cm³/mol. The molecule has 4 rings (SSSR count). The second-order valence-electron chi connectivity index (χ2n) is 6.50. The first-order chi connectivity index (χ1) is 13.9. The van der Waals surface area contributed by atoms with Crippen LogP contribution in [0.4, 0.5) is 10.1 Å². The molecule has 0 fully saturated rings. The zero-order chi connectivity index (χ0) is 20.7. The first-order valence-electron chi connectivity index (χ1n) is 8.60. The van der Waals surface area contributed by atoms with E-state index in [4.69, 9.17) is 0 Å². The van der Waals surface area contributed by atoms with Gasteiger partial charge in [0, 0.05) is 12.1 Å². The molecular weight excluding hydrogens is 397 g/mol. The molecule has 0 aliphatic carbocycles. The highest BCUT2D eigenvalue weighted by atomic mass is 32.1. The fourth-order valence-electron chi connectivity index (χ4n) is 3.14. The lowest BCUT2D eigenvalue weighted by atomic mass is 10.2. The van der Waals surface area contributed by atoms with E-state index in [1.165, 1.54) is 46.2 Å². The van der Waals surface area contributed by atoms with Gasteiger partial charge in [0.15, 0.2) is 0 Å². The van der Waals surface area contributed by atoms with Crippen LogP contribution in [0.1, 0.15) is 11.1 Å². The summed E-state index contributed by atoms with van der Waals surface area (Å²) in [6, 6.07) is 11.8. The van der Waals surface area contributed by atoms with Crippen LogP contribution in [0.15, 0.2) is 63.5 Å². The van der Waals surface area contributed by atoms with Crippen LogP contribution in [-0.2, 0) is 6.54 Å². The third kappa shape index (κ3) is 3.25. The number of non-ortho nitro benzene ring substituents is 1. The second-order valence-corrected chi connectivity index (χ2v) is 7.42. The summed E-state index contributed by atoms with van der Waals surface area (Å²) in [5.74, 6) is -0.523. The molecule has 0 bridgehead atoms. The Kier molecular flexibility index (Phi) is 4.59. The maximum atomic E-state index is 14.1. The summed E-state index contributed by atoms with van der Waals surface area (Å²) in [6.07, 6.45) is 0. The van der Waals surface area contributed by atoms with Crippen LogP contribution < -0.4 is 11.2 Å². The quantitative estimate of drug-likeness (QED) is 0.379. The number of rotatable bonds is 4. The average molecular weight is 411 g/mol. The topological polar surface area (TPSA) is 87.1 Å². The van der Waals surface area contributed by atoms with E-state index in [0.29, 0.717) is 21.3 Å². The Hall–Kier alpha value is -3.59. The van der Waals surface area contributed by atoms with Crippen molar-refractivity contribution in [1.82, 2.24) is 9.13 Å². The number of halogens is 1. The van der Waals surface area contributed by atoms with Crippen molar-refractivity contribution >= 4 is 27.2 Å². The van der Waals surface area contributed by atoms with Gasteiger partial charge >= 0.3 is 5.69 Å². The summed E-state index contributed by atoms with van der Waals surface area (Å²) in [5.41, 5.74) is 0.233. The molecule has 4 aromatic rings. The minimum Gasteiger partial charge on any atom is -0.288 e. The highest BCUT2D eigenvalue weighted by Crippen LogP contribution is 2.20. The number of nitrogens with zero attached hydrogens (tertiary/aromatic N) is 3. The molecule has 0 amide bonds. The Morgan fingerprint density at radius 2 is 1.93 bits per heavy atom. The van der Waals surface area contributed by atoms with Gasteiger partial charge in [0.05, 0.1) is 22.7 Å². The SMILES string of the molecule is Cc1ccc(-n2c(=O)c3sccc3n(Cc3cccc([N+](=O)[O-])c3)c2=O)cc1F.